The van der Waals surface area contributed by atoms with Gasteiger partial charge in [0.05, 0.1) is 0 Å². The molecule has 0 aliphatic heterocycles. The van der Waals surface area contributed by atoms with Crippen LogP contribution in [0, 0.1) is 6.08 Å². The van der Waals surface area contributed by atoms with E-state index in [-0.39, 0.29) is 11.3 Å². The molecule has 0 amide bonds. The van der Waals surface area contributed by atoms with Crippen LogP contribution in [0.15, 0.2) is 29.3 Å². The number of hydrogen-bond acceptors (Lipinski definition) is 1. The van der Waals surface area contributed by atoms with Crippen LogP contribution in [0.2, 0.25) is 0 Å². The second kappa shape index (κ2) is 4.04. The first-order chi connectivity index (χ1) is 6.42. The zero-order chi connectivity index (χ0) is 10.8. The van der Waals surface area contributed by atoms with Gasteiger partial charge in [0.1, 0.15) is 5.75 Å². The summed E-state index contributed by atoms with van der Waals surface area (Å²) in [5.74, 6) is -0.310. The van der Waals surface area contributed by atoms with Gasteiger partial charge in [0.2, 0.25) is 0 Å². The van der Waals surface area contributed by atoms with E-state index in [9.17, 15) is 13.2 Å². The highest BCUT2D eigenvalue weighted by Gasteiger charge is 2.31. The summed E-state index contributed by atoms with van der Waals surface area (Å²) in [6.07, 6.45) is -2.34. The highest BCUT2D eigenvalue weighted by molar-refractivity contribution is 9.10. The molecule has 0 aliphatic rings. The van der Waals surface area contributed by atoms with E-state index in [4.69, 9.17) is 0 Å². The average Bonchev–Trinajstić information content (AvgIpc) is 2.06. The van der Waals surface area contributed by atoms with Gasteiger partial charge in [-0.15, -0.1) is 13.2 Å². The van der Waals surface area contributed by atoms with E-state index in [1.807, 2.05) is 0 Å². The van der Waals surface area contributed by atoms with Crippen molar-refractivity contribution in [1.82, 2.24) is 0 Å². The van der Waals surface area contributed by atoms with Crippen LogP contribution in [-0.2, 0) is 0 Å². The number of halogens is 4. The zero-order valence-corrected chi connectivity index (χ0v) is 8.45. The topological polar surface area (TPSA) is 9.23 Å². The predicted molar refractivity (Wildman–Crippen MR) is 48.8 cm³/mol. The first-order valence-electron chi connectivity index (χ1n) is 3.51. The van der Waals surface area contributed by atoms with Crippen LogP contribution in [0.4, 0.5) is 13.2 Å². The fourth-order valence-corrected chi connectivity index (χ4v) is 1.22. The average molecular weight is 266 g/mol. The van der Waals surface area contributed by atoms with E-state index >= 15 is 0 Å². The number of alkyl halides is 3. The van der Waals surface area contributed by atoms with Gasteiger partial charge >= 0.3 is 6.36 Å². The molecule has 0 fully saturated rings. The summed E-state index contributed by atoms with van der Waals surface area (Å²) in [6, 6.07) is 4.08. The molecular weight excluding hydrogens is 261 g/mol. The molecule has 75 valence electrons. The zero-order valence-electron chi connectivity index (χ0n) is 6.86. The van der Waals surface area contributed by atoms with Gasteiger partial charge in [-0.2, -0.15) is 0 Å². The van der Waals surface area contributed by atoms with Gasteiger partial charge in [0.25, 0.3) is 0 Å². The molecule has 0 bridgehead atoms. The smallest absolute Gasteiger partial charge is 0.405 e. The van der Waals surface area contributed by atoms with Crippen molar-refractivity contribution in [2.75, 3.05) is 0 Å². The van der Waals surface area contributed by atoms with Crippen LogP contribution in [0.5, 0.6) is 5.75 Å². The van der Waals surface area contributed by atoms with Gasteiger partial charge in [-0.25, -0.2) is 0 Å². The summed E-state index contributed by atoms with van der Waals surface area (Å²) in [6.45, 7) is 3.27. The molecule has 1 radical (unpaired) electrons. The maximum atomic E-state index is 11.9. The van der Waals surface area contributed by atoms with Crippen molar-refractivity contribution in [1.29, 1.82) is 0 Å². The Bertz CT molecular complexity index is 346. The second-order valence-electron chi connectivity index (χ2n) is 2.37. The van der Waals surface area contributed by atoms with E-state index in [1.165, 1.54) is 18.2 Å². The van der Waals surface area contributed by atoms with E-state index in [1.54, 1.807) is 0 Å². The Morgan fingerprint density at radius 3 is 2.50 bits per heavy atom. The maximum Gasteiger partial charge on any atom is 0.573 e. The van der Waals surface area contributed by atoms with Crippen molar-refractivity contribution in [2.24, 2.45) is 0 Å². The number of rotatable bonds is 2. The largest absolute Gasteiger partial charge is 0.573 e. The Kier molecular flexibility index (Phi) is 3.21. The van der Waals surface area contributed by atoms with Gasteiger partial charge in [0.15, 0.2) is 0 Å². The molecule has 0 spiro atoms. The molecule has 0 N–H and O–H groups in total. The van der Waals surface area contributed by atoms with Crippen LogP contribution < -0.4 is 4.74 Å². The van der Waals surface area contributed by atoms with Crippen LogP contribution in [-0.4, -0.2) is 6.36 Å². The SMILES string of the molecule is C=[C]c1cc(Br)ccc1OC(F)(F)F. The normalized spacial score (nSPS) is 11.1. The summed E-state index contributed by atoms with van der Waals surface area (Å²) in [7, 11) is 0. The van der Waals surface area contributed by atoms with Crippen molar-refractivity contribution in [2.45, 2.75) is 6.36 Å². The van der Waals surface area contributed by atoms with E-state index in [0.29, 0.717) is 4.47 Å². The molecule has 1 aromatic carbocycles. The third-order valence-corrected chi connectivity index (χ3v) is 1.85. The Morgan fingerprint density at radius 2 is 2.00 bits per heavy atom. The van der Waals surface area contributed by atoms with Crippen molar-refractivity contribution < 1.29 is 17.9 Å². The lowest BCUT2D eigenvalue weighted by Gasteiger charge is -2.11. The highest BCUT2D eigenvalue weighted by atomic mass is 79.9. The quantitative estimate of drug-likeness (QED) is 0.793. The summed E-state index contributed by atoms with van der Waals surface area (Å²) in [4.78, 5) is 0. The minimum atomic E-state index is -4.70. The van der Waals surface area contributed by atoms with Gasteiger partial charge < -0.3 is 4.74 Å². The predicted octanol–water partition coefficient (Wildman–Crippen LogP) is 3.68. The number of ether oxygens (including phenoxy) is 1. The molecule has 0 aliphatic carbocycles. The molecular formula is C9H5BrF3O. The minimum Gasteiger partial charge on any atom is -0.405 e. The first kappa shape index (κ1) is 11.1. The van der Waals surface area contributed by atoms with E-state index in [2.05, 4.69) is 33.3 Å². The maximum absolute atomic E-state index is 11.9. The first-order valence-corrected chi connectivity index (χ1v) is 4.30. The number of hydrogen-bond donors (Lipinski definition) is 0. The Balaban J connectivity index is 3.03. The van der Waals surface area contributed by atoms with Crippen molar-refractivity contribution in [3.8, 4) is 5.75 Å². The lowest BCUT2D eigenvalue weighted by Crippen LogP contribution is -2.17. The molecule has 14 heavy (non-hydrogen) atoms. The summed E-state index contributed by atoms with van der Waals surface area (Å²) in [5, 5.41) is 0. The van der Waals surface area contributed by atoms with E-state index in [0.717, 1.165) is 0 Å². The Hall–Kier alpha value is -0.970. The standard InChI is InChI=1S/C9H5BrF3O/c1-2-6-5-7(10)3-4-8(6)14-9(11,12)13/h3-5H,1H2. The molecule has 0 atom stereocenters. The number of benzene rings is 1. The van der Waals surface area contributed by atoms with Crippen molar-refractivity contribution in [3.05, 3.63) is 40.9 Å². The van der Waals surface area contributed by atoms with Gasteiger partial charge in [-0.3, -0.25) is 0 Å². The van der Waals surface area contributed by atoms with E-state index < -0.39 is 6.36 Å². The lowest BCUT2D eigenvalue weighted by molar-refractivity contribution is -0.274. The van der Waals surface area contributed by atoms with Gasteiger partial charge in [-0.1, -0.05) is 22.5 Å². The van der Waals surface area contributed by atoms with Crippen LogP contribution in [0.3, 0.4) is 0 Å². The fraction of sp³-hybridized carbons (Fsp3) is 0.111. The van der Waals surface area contributed by atoms with Crippen LogP contribution >= 0.6 is 15.9 Å². The van der Waals surface area contributed by atoms with Crippen molar-refractivity contribution in [3.63, 3.8) is 0 Å². The third kappa shape index (κ3) is 3.06. The molecule has 0 unspecified atom stereocenters. The van der Waals surface area contributed by atoms with Crippen molar-refractivity contribution >= 4 is 15.9 Å². The lowest BCUT2D eigenvalue weighted by atomic mass is 10.2. The molecule has 1 nitrogen and oxygen atoms in total. The summed E-state index contributed by atoms with van der Waals surface area (Å²) in [5.41, 5.74) is 0.164. The molecule has 0 saturated carbocycles. The van der Waals surface area contributed by atoms with Crippen LogP contribution in [0.1, 0.15) is 5.56 Å². The molecule has 1 rings (SSSR count). The van der Waals surface area contributed by atoms with Crippen LogP contribution in [0.25, 0.3) is 0 Å². The summed E-state index contributed by atoms with van der Waals surface area (Å²) >= 11 is 3.11. The Labute approximate surface area is 87.3 Å². The molecule has 0 heterocycles. The fourth-order valence-electron chi connectivity index (χ4n) is 0.854. The molecule has 0 saturated heterocycles. The van der Waals surface area contributed by atoms with Gasteiger partial charge in [0, 0.05) is 10.0 Å². The molecule has 0 aromatic heterocycles. The second-order valence-corrected chi connectivity index (χ2v) is 3.28. The highest BCUT2D eigenvalue weighted by Crippen LogP contribution is 2.28. The molecule has 1 aromatic rings. The molecule has 5 heteroatoms. The monoisotopic (exact) mass is 265 g/mol. The minimum absolute atomic E-state index is 0.164. The van der Waals surface area contributed by atoms with Gasteiger partial charge in [-0.05, 0) is 24.3 Å². The summed E-state index contributed by atoms with van der Waals surface area (Å²) < 4.78 is 40.0. The third-order valence-electron chi connectivity index (χ3n) is 1.36. The Morgan fingerprint density at radius 1 is 1.36 bits per heavy atom.